The minimum atomic E-state index is -3.32. The van der Waals surface area contributed by atoms with Crippen LogP contribution >= 0.6 is 11.8 Å². The lowest BCUT2D eigenvalue weighted by atomic mass is 9.95. The highest BCUT2D eigenvalue weighted by Crippen LogP contribution is 2.32. The highest BCUT2D eigenvalue weighted by Gasteiger charge is 2.17. The van der Waals surface area contributed by atoms with Gasteiger partial charge in [0, 0.05) is 34.2 Å². The van der Waals surface area contributed by atoms with Crippen LogP contribution < -0.4 is 5.32 Å². The number of sulfone groups is 1. The Kier molecular flexibility index (Phi) is 6.86. The molecule has 0 unspecified atom stereocenters. The number of hydrogen-bond acceptors (Lipinski definition) is 5. The molecule has 1 amide bonds. The van der Waals surface area contributed by atoms with Gasteiger partial charge in [-0.1, -0.05) is 24.3 Å². The number of nitrogens with one attached hydrogen (secondary N) is 1. The van der Waals surface area contributed by atoms with Crippen molar-refractivity contribution in [3.8, 4) is 22.4 Å². The van der Waals surface area contributed by atoms with Crippen LogP contribution in [0.5, 0.6) is 0 Å². The molecule has 7 heteroatoms. The van der Waals surface area contributed by atoms with Gasteiger partial charge < -0.3 is 5.32 Å². The molecule has 0 atom stereocenters. The quantitative estimate of drug-likeness (QED) is 0.332. The average Bonchev–Trinajstić information content (AvgIpc) is 2.83. The van der Waals surface area contributed by atoms with Gasteiger partial charge in [0.2, 0.25) is 0 Å². The van der Waals surface area contributed by atoms with E-state index in [2.05, 4.69) is 10.3 Å². The van der Waals surface area contributed by atoms with E-state index in [1.807, 2.05) is 73.8 Å². The lowest BCUT2D eigenvalue weighted by molar-refractivity contribution is 0.102. The third kappa shape index (κ3) is 5.21. The number of aromatic nitrogens is 1. The van der Waals surface area contributed by atoms with Crippen LogP contribution in [0.25, 0.3) is 22.4 Å². The fourth-order valence-electron chi connectivity index (χ4n) is 3.73. The smallest absolute Gasteiger partial charge is 0.256 e. The van der Waals surface area contributed by atoms with Crippen LogP contribution in [0.4, 0.5) is 5.69 Å². The zero-order chi connectivity index (χ0) is 24.3. The Morgan fingerprint density at radius 2 is 1.74 bits per heavy atom. The molecule has 0 bridgehead atoms. The molecule has 0 saturated carbocycles. The lowest BCUT2D eigenvalue weighted by Crippen LogP contribution is -2.13. The van der Waals surface area contributed by atoms with E-state index >= 15 is 0 Å². The summed E-state index contributed by atoms with van der Waals surface area (Å²) in [5.41, 5.74) is 5.26. The number of carbonyl (C=O) groups is 1. The van der Waals surface area contributed by atoms with Crippen LogP contribution in [0.2, 0.25) is 0 Å². The van der Waals surface area contributed by atoms with Crippen molar-refractivity contribution in [3.05, 3.63) is 96.2 Å². The van der Waals surface area contributed by atoms with Gasteiger partial charge in [0.05, 0.1) is 10.6 Å². The van der Waals surface area contributed by atoms with Crippen LogP contribution in [-0.4, -0.2) is 31.8 Å². The zero-order valence-electron chi connectivity index (χ0n) is 19.1. The molecule has 0 radical (unpaired) electrons. The van der Waals surface area contributed by atoms with Crippen molar-refractivity contribution < 1.29 is 13.2 Å². The fraction of sp³-hybridized carbons (Fsp3) is 0.111. The first-order chi connectivity index (χ1) is 16.3. The number of nitrogens with zero attached hydrogens (tertiary/aromatic N) is 1. The van der Waals surface area contributed by atoms with E-state index in [0.29, 0.717) is 11.3 Å². The molecule has 1 N–H and O–H groups in total. The Labute approximate surface area is 204 Å². The molecule has 0 aliphatic carbocycles. The Morgan fingerprint density at radius 1 is 0.912 bits per heavy atom. The fourth-order valence-corrected chi connectivity index (χ4v) is 4.87. The van der Waals surface area contributed by atoms with Crippen LogP contribution in [0, 0.1) is 6.92 Å². The summed E-state index contributed by atoms with van der Waals surface area (Å²) in [6.45, 7) is 1.85. The van der Waals surface area contributed by atoms with Crippen molar-refractivity contribution in [2.45, 2.75) is 16.7 Å². The number of rotatable bonds is 6. The number of pyridine rings is 1. The van der Waals surface area contributed by atoms with E-state index in [1.165, 1.54) is 6.26 Å². The maximum absolute atomic E-state index is 13.4. The second-order valence-electron chi connectivity index (χ2n) is 7.91. The predicted molar refractivity (Wildman–Crippen MR) is 139 cm³/mol. The number of benzene rings is 3. The van der Waals surface area contributed by atoms with Crippen LogP contribution in [-0.2, 0) is 9.84 Å². The minimum absolute atomic E-state index is 0.243. The molecule has 0 saturated heterocycles. The highest BCUT2D eigenvalue weighted by atomic mass is 32.2. The van der Waals surface area contributed by atoms with E-state index < -0.39 is 9.84 Å². The van der Waals surface area contributed by atoms with Gasteiger partial charge in [-0.05, 0) is 84.5 Å². The van der Waals surface area contributed by atoms with Gasteiger partial charge in [0.25, 0.3) is 5.91 Å². The topological polar surface area (TPSA) is 76.1 Å². The van der Waals surface area contributed by atoms with Gasteiger partial charge in [0.1, 0.15) is 0 Å². The average molecular weight is 489 g/mol. The van der Waals surface area contributed by atoms with Gasteiger partial charge in [-0.3, -0.25) is 9.78 Å². The summed E-state index contributed by atoms with van der Waals surface area (Å²) in [4.78, 5) is 19.0. The summed E-state index contributed by atoms with van der Waals surface area (Å²) < 4.78 is 23.9. The molecule has 5 nitrogen and oxygen atoms in total. The van der Waals surface area contributed by atoms with Crippen molar-refractivity contribution in [1.82, 2.24) is 4.98 Å². The van der Waals surface area contributed by atoms with Crippen molar-refractivity contribution >= 4 is 33.2 Å². The van der Waals surface area contributed by atoms with E-state index in [1.54, 1.807) is 36.2 Å². The Balaban J connectivity index is 1.71. The normalized spacial score (nSPS) is 11.3. The van der Waals surface area contributed by atoms with Crippen molar-refractivity contribution in [3.63, 3.8) is 0 Å². The monoisotopic (exact) mass is 488 g/mol. The standard InChI is InChI=1S/C27H24N2O3S2/c1-18-15-22(34(3,31)32)11-13-23(18)25-17-21(33-2)10-12-24(25)27(30)29-20-8-6-7-19(16-20)26-9-4-5-14-28-26/h4-17H,1-3H3,(H,29,30). The van der Waals surface area contributed by atoms with Crippen LogP contribution in [0.3, 0.4) is 0 Å². The molecule has 0 spiro atoms. The van der Waals surface area contributed by atoms with E-state index in [-0.39, 0.29) is 10.8 Å². The third-order valence-electron chi connectivity index (χ3n) is 5.47. The SMILES string of the molecule is CSc1ccc(C(=O)Nc2cccc(-c3ccccn3)c2)c(-c2ccc(S(C)(=O)=O)cc2C)c1. The molecule has 1 aromatic heterocycles. The molecule has 0 aliphatic rings. The first-order valence-electron chi connectivity index (χ1n) is 10.6. The third-order valence-corrected chi connectivity index (χ3v) is 7.30. The molecule has 4 aromatic rings. The predicted octanol–water partition coefficient (Wildman–Crippen LogP) is 6.10. The summed E-state index contributed by atoms with van der Waals surface area (Å²) in [6.07, 6.45) is 4.90. The van der Waals surface area contributed by atoms with Crippen molar-refractivity contribution in [2.24, 2.45) is 0 Å². The zero-order valence-corrected chi connectivity index (χ0v) is 20.7. The first-order valence-corrected chi connectivity index (χ1v) is 13.7. The molecular formula is C27H24N2O3S2. The van der Waals surface area contributed by atoms with E-state index in [0.717, 1.165) is 32.8 Å². The molecule has 4 rings (SSSR count). The van der Waals surface area contributed by atoms with E-state index in [9.17, 15) is 13.2 Å². The summed E-state index contributed by atoms with van der Waals surface area (Å²) in [6, 6.07) is 23.9. The van der Waals surface area contributed by atoms with Crippen LogP contribution in [0.15, 0.2) is 94.9 Å². The summed E-state index contributed by atoms with van der Waals surface area (Å²) in [5, 5.41) is 3.00. The van der Waals surface area contributed by atoms with Gasteiger partial charge in [-0.15, -0.1) is 11.8 Å². The molecule has 3 aromatic carbocycles. The summed E-state index contributed by atoms with van der Waals surface area (Å²) >= 11 is 1.58. The Morgan fingerprint density at radius 3 is 2.41 bits per heavy atom. The van der Waals surface area contributed by atoms with Gasteiger partial charge in [-0.2, -0.15) is 0 Å². The molecule has 0 aliphatic heterocycles. The minimum Gasteiger partial charge on any atom is -0.322 e. The molecule has 172 valence electrons. The second kappa shape index (κ2) is 9.83. The van der Waals surface area contributed by atoms with Gasteiger partial charge in [0.15, 0.2) is 9.84 Å². The molecule has 34 heavy (non-hydrogen) atoms. The largest absolute Gasteiger partial charge is 0.322 e. The second-order valence-corrected chi connectivity index (χ2v) is 10.8. The highest BCUT2D eigenvalue weighted by molar-refractivity contribution is 7.98. The van der Waals surface area contributed by atoms with E-state index in [4.69, 9.17) is 0 Å². The van der Waals surface area contributed by atoms with Crippen molar-refractivity contribution in [2.75, 3.05) is 17.8 Å². The first kappa shape index (κ1) is 23.7. The number of amides is 1. The molecule has 1 heterocycles. The number of carbonyl (C=O) groups excluding carboxylic acids is 1. The molecular weight excluding hydrogens is 464 g/mol. The lowest BCUT2D eigenvalue weighted by Gasteiger charge is -2.15. The molecule has 0 fully saturated rings. The summed E-state index contributed by atoms with van der Waals surface area (Å²) in [5.74, 6) is -0.243. The van der Waals surface area contributed by atoms with Crippen molar-refractivity contribution in [1.29, 1.82) is 0 Å². The Bertz CT molecular complexity index is 1470. The maximum Gasteiger partial charge on any atom is 0.256 e. The number of thioether (sulfide) groups is 1. The summed E-state index contributed by atoms with van der Waals surface area (Å²) in [7, 11) is -3.32. The Hall–Kier alpha value is -3.42. The number of aryl methyl sites for hydroxylation is 1. The van der Waals surface area contributed by atoms with Gasteiger partial charge in [-0.25, -0.2) is 8.42 Å². The maximum atomic E-state index is 13.4. The number of hydrogen-bond donors (Lipinski definition) is 1. The number of anilines is 1. The van der Waals surface area contributed by atoms with Crippen LogP contribution in [0.1, 0.15) is 15.9 Å². The van der Waals surface area contributed by atoms with Gasteiger partial charge >= 0.3 is 0 Å².